The molecule has 1 aromatic carbocycles. The van der Waals surface area contributed by atoms with Gasteiger partial charge in [-0.2, -0.15) is 9.37 Å². The molecule has 4 heterocycles. The van der Waals surface area contributed by atoms with Gasteiger partial charge in [-0.1, -0.05) is 23.7 Å². The van der Waals surface area contributed by atoms with Gasteiger partial charge in [-0.15, -0.1) is 0 Å². The molecule has 3 aromatic heterocycles. The molecule has 0 radical (unpaired) electrons. The van der Waals surface area contributed by atoms with Crippen molar-refractivity contribution in [2.24, 2.45) is 5.92 Å². The molecule has 1 saturated heterocycles. The summed E-state index contributed by atoms with van der Waals surface area (Å²) < 4.78 is 47.0. The number of rotatable bonds is 10. The maximum Gasteiger partial charge on any atom is 0.357 e. The molecule has 43 heavy (non-hydrogen) atoms. The third-order valence-corrected chi connectivity index (χ3v) is 7.94. The zero-order valence-electron chi connectivity index (χ0n) is 23.6. The van der Waals surface area contributed by atoms with Crippen molar-refractivity contribution < 1.29 is 27.8 Å². The molecule has 0 N–H and O–H groups in total. The third kappa shape index (κ3) is 6.52. The van der Waals surface area contributed by atoms with Crippen molar-refractivity contribution in [3.8, 4) is 5.88 Å². The number of carbonyl (C=O) groups excluding carboxylic acids is 1. The van der Waals surface area contributed by atoms with Gasteiger partial charge in [-0.25, -0.2) is 24.1 Å². The SMILES string of the molecule is CCOC(=O)c1ccc2nc(CC3CC=C(c4ncc(F)c(OCc5ccc(Cl)cc5F)n4)CC3)n(C[C@@H]3CCO3)c2n1. The summed E-state index contributed by atoms with van der Waals surface area (Å²) >= 11 is 5.81. The summed E-state index contributed by atoms with van der Waals surface area (Å²) in [6.45, 7) is 3.19. The first-order valence-corrected chi connectivity index (χ1v) is 14.7. The Morgan fingerprint density at radius 3 is 2.72 bits per heavy atom. The lowest BCUT2D eigenvalue weighted by Gasteiger charge is -2.28. The van der Waals surface area contributed by atoms with Crippen LogP contribution in [0.25, 0.3) is 16.7 Å². The molecule has 1 unspecified atom stereocenters. The van der Waals surface area contributed by atoms with Gasteiger partial charge in [-0.05, 0) is 68.4 Å². The van der Waals surface area contributed by atoms with E-state index in [4.69, 9.17) is 30.8 Å². The zero-order valence-corrected chi connectivity index (χ0v) is 24.3. The van der Waals surface area contributed by atoms with E-state index in [9.17, 15) is 13.6 Å². The fourth-order valence-corrected chi connectivity index (χ4v) is 5.43. The summed E-state index contributed by atoms with van der Waals surface area (Å²) in [6.07, 6.45) is 7.21. The quantitative estimate of drug-likeness (QED) is 0.198. The first kappa shape index (κ1) is 29.1. The Hall–Kier alpha value is -3.96. The van der Waals surface area contributed by atoms with E-state index in [0.717, 1.165) is 49.0 Å². The molecule has 12 heteroatoms. The molecule has 6 rings (SSSR count). The number of carbonyl (C=O) groups is 1. The summed E-state index contributed by atoms with van der Waals surface area (Å²) in [6, 6.07) is 7.66. The second-order valence-electron chi connectivity index (χ2n) is 10.6. The van der Waals surface area contributed by atoms with Crippen molar-refractivity contribution in [1.29, 1.82) is 0 Å². The number of nitrogens with zero attached hydrogens (tertiary/aromatic N) is 5. The van der Waals surface area contributed by atoms with Crippen LogP contribution in [-0.2, 0) is 29.0 Å². The third-order valence-electron chi connectivity index (χ3n) is 7.70. The molecule has 9 nitrogen and oxygen atoms in total. The lowest BCUT2D eigenvalue weighted by molar-refractivity contribution is -0.0591. The van der Waals surface area contributed by atoms with Gasteiger partial charge in [0.05, 0.1) is 25.5 Å². The Kier molecular flexibility index (Phi) is 8.62. The fraction of sp³-hybridized carbons (Fsp3) is 0.387. The number of pyridine rings is 1. The Morgan fingerprint density at radius 2 is 2.00 bits per heavy atom. The Labute approximate surface area is 251 Å². The van der Waals surface area contributed by atoms with Crippen LogP contribution in [0.3, 0.4) is 0 Å². The van der Waals surface area contributed by atoms with Crippen LogP contribution in [-0.4, -0.2) is 49.8 Å². The molecule has 2 aliphatic rings. The Bertz CT molecular complexity index is 1690. The van der Waals surface area contributed by atoms with Gasteiger partial charge in [0.25, 0.3) is 5.88 Å². The number of benzene rings is 1. The van der Waals surface area contributed by atoms with Crippen LogP contribution in [0.5, 0.6) is 5.88 Å². The molecule has 2 atom stereocenters. The summed E-state index contributed by atoms with van der Waals surface area (Å²) in [5.74, 6) is -0.370. The smallest absolute Gasteiger partial charge is 0.357 e. The van der Waals surface area contributed by atoms with Gasteiger partial charge < -0.3 is 18.8 Å². The highest BCUT2D eigenvalue weighted by molar-refractivity contribution is 6.30. The molecule has 4 aromatic rings. The van der Waals surface area contributed by atoms with E-state index in [1.807, 2.05) is 6.07 Å². The van der Waals surface area contributed by atoms with E-state index in [1.54, 1.807) is 19.1 Å². The number of fused-ring (bicyclic) bond motifs is 1. The maximum absolute atomic E-state index is 14.4. The van der Waals surface area contributed by atoms with Gasteiger partial charge in [0.2, 0.25) is 5.82 Å². The number of aromatic nitrogens is 5. The molecule has 224 valence electrons. The van der Waals surface area contributed by atoms with E-state index < -0.39 is 17.6 Å². The largest absolute Gasteiger partial charge is 0.471 e. The molecular formula is C31H30ClF2N5O4. The zero-order chi connectivity index (χ0) is 29.9. The molecule has 0 amide bonds. The lowest BCUT2D eigenvalue weighted by Crippen LogP contribution is -2.32. The van der Waals surface area contributed by atoms with Crippen LogP contribution < -0.4 is 4.74 Å². The average molecular weight is 610 g/mol. The van der Waals surface area contributed by atoms with Crippen molar-refractivity contribution >= 4 is 34.3 Å². The minimum absolute atomic E-state index is 0.0882. The van der Waals surface area contributed by atoms with E-state index in [-0.39, 0.29) is 41.5 Å². The van der Waals surface area contributed by atoms with Crippen molar-refractivity contribution in [3.63, 3.8) is 0 Å². The highest BCUT2D eigenvalue weighted by Gasteiger charge is 2.26. The number of hydrogen-bond acceptors (Lipinski definition) is 8. The number of esters is 1. The summed E-state index contributed by atoms with van der Waals surface area (Å²) in [5, 5.41) is 0.267. The van der Waals surface area contributed by atoms with Crippen LogP contribution in [0, 0.1) is 17.6 Å². The van der Waals surface area contributed by atoms with Crippen molar-refractivity contribution in [2.45, 2.75) is 58.3 Å². The molecule has 1 aliphatic carbocycles. The molecule has 1 fully saturated rings. The van der Waals surface area contributed by atoms with E-state index in [1.165, 1.54) is 12.1 Å². The highest BCUT2D eigenvalue weighted by Crippen LogP contribution is 2.32. The Morgan fingerprint density at radius 1 is 1.14 bits per heavy atom. The first-order chi connectivity index (χ1) is 20.9. The van der Waals surface area contributed by atoms with Crippen LogP contribution >= 0.6 is 11.6 Å². The lowest BCUT2D eigenvalue weighted by atomic mass is 9.87. The van der Waals surface area contributed by atoms with Gasteiger partial charge in [0, 0.05) is 23.6 Å². The molecule has 0 saturated carbocycles. The minimum Gasteiger partial charge on any atom is -0.471 e. The summed E-state index contributed by atoms with van der Waals surface area (Å²) in [4.78, 5) is 30.3. The van der Waals surface area contributed by atoms with Crippen LogP contribution in [0.1, 0.15) is 60.3 Å². The number of allylic oxidation sites excluding steroid dienone is 2. The minimum atomic E-state index is -0.721. The van der Waals surface area contributed by atoms with Gasteiger partial charge >= 0.3 is 5.97 Å². The van der Waals surface area contributed by atoms with E-state index >= 15 is 0 Å². The van der Waals surface area contributed by atoms with E-state index in [0.29, 0.717) is 36.8 Å². The van der Waals surface area contributed by atoms with Crippen LogP contribution in [0.4, 0.5) is 8.78 Å². The van der Waals surface area contributed by atoms with Crippen molar-refractivity contribution in [1.82, 2.24) is 24.5 Å². The predicted octanol–water partition coefficient (Wildman–Crippen LogP) is 6.12. The molecule has 0 bridgehead atoms. The predicted molar refractivity (Wildman–Crippen MR) is 155 cm³/mol. The number of imidazole rings is 1. The fourth-order valence-electron chi connectivity index (χ4n) is 5.27. The van der Waals surface area contributed by atoms with Gasteiger partial charge in [0.15, 0.2) is 17.2 Å². The molecule has 1 aliphatic heterocycles. The Balaban J connectivity index is 1.17. The van der Waals surface area contributed by atoms with Crippen molar-refractivity contribution in [3.05, 3.63) is 82.2 Å². The van der Waals surface area contributed by atoms with Crippen LogP contribution in [0.15, 0.2) is 42.6 Å². The van der Waals surface area contributed by atoms with Gasteiger partial charge in [-0.3, -0.25) is 0 Å². The van der Waals surface area contributed by atoms with Crippen molar-refractivity contribution in [2.75, 3.05) is 13.2 Å². The topological polar surface area (TPSA) is 101 Å². The molecule has 0 spiro atoms. The average Bonchev–Trinajstić information content (AvgIpc) is 3.31. The number of halogens is 3. The monoisotopic (exact) mass is 609 g/mol. The summed E-state index contributed by atoms with van der Waals surface area (Å²) in [7, 11) is 0. The second-order valence-corrected chi connectivity index (χ2v) is 11.1. The van der Waals surface area contributed by atoms with Crippen LogP contribution in [0.2, 0.25) is 5.02 Å². The number of ether oxygens (including phenoxy) is 3. The normalized spacial score (nSPS) is 18.3. The standard InChI is InChI=1S/C31H30ClF2N5O4/c1-2-41-31(40)26-10-9-25-29(37-26)39(16-22-11-12-42-22)27(36-25)13-18-3-5-19(6-4-18)28-35-15-24(34)30(38-28)43-17-20-7-8-21(32)14-23(20)33/h5,7-10,14-15,18,22H,2-4,6,11-13,16-17H2,1H3/t18?,22-/m0/s1. The number of hydrogen-bond donors (Lipinski definition) is 0. The molecular weight excluding hydrogens is 580 g/mol. The second kappa shape index (κ2) is 12.7. The highest BCUT2D eigenvalue weighted by atomic mass is 35.5. The first-order valence-electron chi connectivity index (χ1n) is 14.3. The van der Waals surface area contributed by atoms with E-state index in [2.05, 4.69) is 25.6 Å². The summed E-state index contributed by atoms with van der Waals surface area (Å²) in [5.41, 5.74) is 2.76. The van der Waals surface area contributed by atoms with Gasteiger partial charge in [0.1, 0.15) is 23.8 Å². The maximum atomic E-state index is 14.4.